The number of nitrogens with two attached hydrogens (primary N) is 1. The minimum atomic E-state index is -0.131. The van der Waals surface area contributed by atoms with E-state index in [2.05, 4.69) is 26.3 Å². The Hall–Kier alpha value is -1.92. The SMILES string of the molecule is CN(Cc1ccc(Br)cc1)C(=O)c1cccnc1NN. The molecule has 0 fully saturated rings. The van der Waals surface area contributed by atoms with Crippen molar-refractivity contribution in [2.75, 3.05) is 12.5 Å². The van der Waals surface area contributed by atoms with Crippen molar-refractivity contribution in [3.8, 4) is 0 Å². The number of nitrogens with one attached hydrogen (secondary N) is 1. The molecule has 0 spiro atoms. The van der Waals surface area contributed by atoms with Gasteiger partial charge in [-0.3, -0.25) is 4.79 Å². The summed E-state index contributed by atoms with van der Waals surface area (Å²) in [6.07, 6.45) is 1.58. The lowest BCUT2D eigenvalue weighted by Gasteiger charge is -2.18. The zero-order chi connectivity index (χ0) is 14.5. The number of benzene rings is 1. The van der Waals surface area contributed by atoms with Crippen LogP contribution in [0.5, 0.6) is 0 Å². The van der Waals surface area contributed by atoms with Crippen LogP contribution in [0, 0.1) is 0 Å². The molecule has 0 radical (unpaired) electrons. The second-order valence-corrected chi connectivity index (χ2v) is 5.25. The van der Waals surface area contributed by atoms with E-state index in [-0.39, 0.29) is 5.91 Å². The fourth-order valence-corrected chi connectivity index (χ4v) is 2.10. The molecule has 0 aliphatic carbocycles. The molecule has 20 heavy (non-hydrogen) atoms. The number of carbonyl (C=O) groups is 1. The van der Waals surface area contributed by atoms with Gasteiger partial charge in [-0.25, -0.2) is 10.8 Å². The zero-order valence-corrected chi connectivity index (χ0v) is 12.6. The van der Waals surface area contributed by atoms with Crippen LogP contribution in [0.1, 0.15) is 15.9 Å². The fourth-order valence-electron chi connectivity index (χ4n) is 1.83. The van der Waals surface area contributed by atoms with Crippen LogP contribution < -0.4 is 11.3 Å². The highest BCUT2D eigenvalue weighted by molar-refractivity contribution is 9.10. The quantitative estimate of drug-likeness (QED) is 0.665. The number of hydrogen-bond donors (Lipinski definition) is 2. The highest BCUT2D eigenvalue weighted by atomic mass is 79.9. The van der Waals surface area contributed by atoms with Gasteiger partial charge in [-0.05, 0) is 29.8 Å². The maximum Gasteiger partial charge on any atom is 0.257 e. The Kier molecular flexibility index (Phi) is 4.70. The van der Waals surface area contributed by atoms with Gasteiger partial charge in [0.25, 0.3) is 5.91 Å². The van der Waals surface area contributed by atoms with Crippen molar-refractivity contribution in [1.82, 2.24) is 9.88 Å². The van der Waals surface area contributed by atoms with Crippen LogP contribution in [-0.2, 0) is 6.54 Å². The van der Waals surface area contributed by atoms with Crippen molar-refractivity contribution < 1.29 is 4.79 Å². The molecule has 1 amide bonds. The number of amides is 1. The van der Waals surface area contributed by atoms with Crippen molar-refractivity contribution >= 4 is 27.7 Å². The summed E-state index contributed by atoms with van der Waals surface area (Å²) in [5.41, 5.74) is 3.94. The molecule has 3 N–H and O–H groups in total. The Labute approximate surface area is 125 Å². The van der Waals surface area contributed by atoms with Crippen LogP contribution in [0.3, 0.4) is 0 Å². The Balaban J connectivity index is 2.14. The lowest BCUT2D eigenvalue weighted by molar-refractivity contribution is 0.0785. The van der Waals surface area contributed by atoms with E-state index in [1.807, 2.05) is 24.3 Å². The van der Waals surface area contributed by atoms with Gasteiger partial charge in [-0.15, -0.1) is 0 Å². The van der Waals surface area contributed by atoms with Crippen molar-refractivity contribution in [1.29, 1.82) is 0 Å². The predicted octanol–water partition coefficient (Wildman–Crippen LogP) is 2.40. The summed E-state index contributed by atoms with van der Waals surface area (Å²) in [6, 6.07) is 11.2. The smallest absolute Gasteiger partial charge is 0.257 e. The fraction of sp³-hybridized carbons (Fsp3) is 0.143. The minimum absolute atomic E-state index is 0.131. The monoisotopic (exact) mass is 334 g/mol. The van der Waals surface area contributed by atoms with E-state index in [4.69, 9.17) is 5.84 Å². The molecule has 0 aliphatic rings. The summed E-state index contributed by atoms with van der Waals surface area (Å²) in [5, 5.41) is 0. The van der Waals surface area contributed by atoms with Gasteiger partial charge < -0.3 is 10.3 Å². The Morgan fingerprint density at radius 1 is 1.35 bits per heavy atom. The summed E-state index contributed by atoms with van der Waals surface area (Å²) >= 11 is 3.39. The van der Waals surface area contributed by atoms with E-state index >= 15 is 0 Å². The number of pyridine rings is 1. The lowest BCUT2D eigenvalue weighted by Crippen LogP contribution is -2.28. The molecule has 1 heterocycles. The Morgan fingerprint density at radius 3 is 2.70 bits per heavy atom. The summed E-state index contributed by atoms with van der Waals surface area (Å²) < 4.78 is 1.01. The van der Waals surface area contributed by atoms with Crippen LogP contribution in [0.4, 0.5) is 5.82 Å². The summed E-state index contributed by atoms with van der Waals surface area (Å²) in [6.45, 7) is 0.519. The van der Waals surface area contributed by atoms with E-state index in [1.165, 1.54) is 0 Å². The number of carbonyl (C=O) groups excluding carboxylic acids is 1. The molecule has 0 saturated carbocycles. The number of anilines is 1. The number of nitrogens with zero attached hydrogens (tertiary/aromatic N) is 2. The molecule has 0 saturated heterocycles. The third kappa shape index (κ3) is 3.34. The number of hydrazine groups is 1. The molecular weight excluding hydrogens is 320 g/mol. The largest absolute Gasteiger partial charge is 0.337 e. The van der Waals surface area contributed by atoms with Crippen LogP contribution >= 0.6 is 15.9 Å². The molecule has 0 unspecified atom stereocenters. The molecule has 0 bridgehead atoms. The molecule has 2 rings (SSSR count). The molecule has 5 nitrogen and oxygen atoms in total. The number of rotatable bonds is 4. The number of nitrogen functional groups attached to an aromatic ring is 1. The number of aromatic nitrogens is 1. The van der Waals surface area contributed by atoms with Crippen molar-refractivity contribution in [3.63, 3.8) is 0 Å². The van der Waals surface area contributed by atoms with Crippen molar-refractivity contribution in [3.05, 3.63) is 58.2 Å². The highest BCUT2D eigenvalue weighted by Crippen LogP contribution is 2.15. The van der Waals surface area contributed by atoms with Crippen LogP contribution in [0.15, 0.2) is 47.1 Å². The predicted molar refractivity (Wildman–Crippen MR) is 82.0 cm³/mol. The molecular formula is C14H15BrN4O. The maximum absolute atomic E-state index is 12.4. The van der Waals surface area contributed by atoms with Gasteiger partial charge in [-0.2, -0.15) is 0 Å². The third-order valence-corrected chi connectivity index (χ3v) is 3.38. The molecule has 1 aromatic heterocycles. The second kappa shape index (κ2) is 6.49. The first kappa shape index (κ1) is 14.5. The summed E-state index contributed by atoms with van der Waals surface area (Å²) in [4.78, 5) is 18.0. The van der Waals surface area contributed by atoms with E-state index < -0.39 is 0 Å². The first-order valence-electron chi connectivity index (χ1n) is 6.03. The average Bonchev–Trinajstić information content (AvgIpc) is 2.48. The van der Waals surface area contributed by atoms with Gasteiger partial charge in [0, 0.05) is 24.3 Å². The maximum atomic E-state index is 12.4. The standard InChI is InChI=1S/C14H15BrN4O/c1-19(9-10-4-6-11(15)7-5-10)14(20)12-3-2-8-17-13(12)18-16/h2-8H,9,16H2,1H3,(H,17,18). The van der Waals surface area contributed by atoms with Gasteiger partial charge in [0.1, 0.15) is 0 Å². The lowest BCUT2D eigenvalue weighted by atomic mass is 10.2. The van der Waals surface area contributed by atoms with Gasteiger partial charge in [0.05, 0.1) is 5.56 Å². The molecule has 6 heteroatoms. The number of halogens is 1. The van der Waals surface area contributed by atoms with Gasteiger partial charge in [0.2, 0.25) is 0 Å². The van der Waals surface area contributed by atoms with E-state index in [1.54, 1.807) is 30.3 Å². The normalized spacial score (nSPS) is 10.2. The minimum Gasteiger partial charge on any atom is -0.337 e. The topological polar surface area (TPSA) is 71.2 Å². The first-order chi connectivity index (χ1) is 9.61. The van der Waals surface area contributed by atoms with Crippen LogP contribution in [-0.4, -0.2) is 22.8 Å². The molecule has 0 aliphatic heterocycles. The second-order valence-electron chi connectivity index (χ2n) is 4.33. The van der Waals surface area contributed by atoms with Crippen molar-refractivity contribution in [2.45, 2.75) is 6.54 Å². The van der Waals surface area contributed by atoms with E-state index in [0.717, 1.165) is 10.0 Å². The zero-order valence-electron chi connectivity index (χ0n) is 11.0. The highest BCUT2D eigenvalue weighted by Gasteiger charge is 2.16. The Morgan fingerprint density at radius 2 is 2.05 bits per heavy atom. The molecule has 104 valence electrons. The molecule has 1 aromatic carbocycles. The van der Waals surface area contributed by atoms with Crippen LogP contribution in [0.2, 0.25) is 0 Å². The third-order valence-electron chi connectivity index (χ3n) is 2.85. The number of hydrogen-bond acceptors (Lipinski definition) is 4. The van der Waals surface area contributed by atoms with E-state index in [0.29, 0.717) is 17.9 Å². The summed E-state index contributed by atoms with van der Waals surface area (Å²) in [7, 11) is 1.75. The van der Waals surface area contributed by atoms with Gasteiger partial charge >= 0.3 is 0 Å². The Bertz CT molecular complexity index is 600. The van der Waals surface area contributed by atoms with Crippen molar-refractivity contribution in [2.24, 2.45) is 5.84 Å². The molecule has 2 aromatic rings. The van der Waals surface area contributed by atoms with Gasteiger partial charge in [0.15, 0.2) is 5.82 Å². The average molecular weight is 335 g/mol. The first-order valence-corrected chi connectivity index (χ1v) is 6.82. The van der Waals surface area contributed by atoms with Crippen LogP contribution in [0.25, 0.3) is 0 Å². The van der Waals surface area contributed by atoms with Gasteiger partial charge in [-0.1, -0.05) is 28.1 Å². The molecule has 0 atom stereocenters. The van der Waals surface area contributed by atoms with E-state index in [9.17, 15) is 4.79 Å². The summed E-state index contributed by atoms with van der Waals surface area (Å²) in [5.74, 6) is 5.61.